The molecule has 2 aliphatic heterocycles. The van der Waals surface area contributed by atoms with Gasteiger partial charge in [0.2, 0.25) is 0 Å². The number of ether oxygens (including phenoxy) is 1. The summed E-state index contributed by atoms with van der Waals surface area (Å²) in [6, 6.07) is 0.195. The normalized spacial score (nSPS) is 26.1. The molecule has 0 aromatic rings. The molecule has 0 saturated carbocycles. The van der Waals surface area contributed by atoms with Crippen LogP contribution in [0.5, 0.6) is 0 Å². The first-order chi connectivity index (χ1) is 8.66. The third-order valence-corrected chi connectivity index (χ3v) is 4.20. The maximum absolute atomic E-state index is 11.1. The molecule has 0 aromatic carbocycles. The third kappa shape index (κ3) is 3.67. The van der Waals surface area contributed by atoms with E-state index >= 15 is 0 Å². The van der Waals surface area contributed by atoms with Gasteiger partial charge < -0.3 is 14.7 Å². The van der Waals surface area contributed by atoms with Crippen molar-refractivity contribution in [3.8, 4) is 0 Å². The molecule has 1 N–H and O–H groups in total. The maximum atomic E-state index is 11.1. The van der Waals surface area contributed by atoms with Gasteiger partial charge in [-0.2, -0.15) is 0 Å². The molecule has 2 saturated heterocycles. The van der Waals surface area contributed by atoms with E-state index in [0.717, 1.165) is 52.2 Å². The van der Waals surface area contributed by atoms with Crippen molar-refractivity contribution in [2.75, 3.05) is 46.4 Å². The first kappa shape index (κ1) is 13.8. The van der Waals surface area contributed by atoms with Crippen molar-refractivity contribution in [1.82, 2.24) is 9.80 Å². The van der Waals surface area contributed by atoms with Gasteiger partial charge in [0.1, 0.15) is 0 Å². The van der Waals surface area contributed by atoms with Crippen molar-refractivity contribution < 1.29 is 14.6 Å². The number of nitrogens with zero attached hydrogens (tertiary/aromatic N) is 2. The molecule has 1 atom stereocenters. The molecule has 2 rings (SSSR count). The molecule has 5 heteroatoms. The van der Waals surface area contributed by atoms with Gasteiger partial charge in [0, 0.05) is 45.4 Å². The van der Waals surface area contributed by atoms with E-state index in [2.05, 4.69) is 16.8 Å². The van der Waals surface area contributed by atoms with Crippen LogP contribution >= 0.6 is 0 Å². The number of piperazine rings is 1. The topological polar surface area (TPSA) is 53.0 Å². The van der Waals surface area contributed by atoms with Crippen molar-refractivity contribution in [3.05, 3.63) is 0 Å². The Morgan fingerprint density at radius 3 is 2.44 bits per heavy atom. The summed E-state index contributed by atoms with van der Waals surface area (Å²) in [5, 5.41) is 9.13. The van der Waals surface area contributed by atoms with E-state index in [1.807, 2.05) is 0 Å². The lowest BCUT2D eigenvalue weighted by Gasteiger charge is -2.42. The van der Waals surface area contributed by atoms with Crippen LogP contribution in [0.3, 0.4) is 0 Å². The minimum atomic E-state index is -0.676. The highest BCUT2D eigenvalue weighted by atomic mass is 16.5. The number of carboxylic acids is 1. The van der Waals surface area contributed by atoms with Gasteiger partial charge in [0.25, 0.3) is 0 Å². The zero-order valence-corrected chi connectivity index (χ0v) is 11.2. The van der Waals surface area contributed by atoms with E-state index in [9.17, 15) is 4.79 Å². The van der Waals surface area contributed by atoms with Crippen molar-refractivity contribution in [1.29, 1.82) is 0 Å². The number of aliphatic carboxylic acids is 1. The number of rotatable bonds is 4. The van der Waals surface area contributed by atoms with E-state index < -0.39 is 5.97 Å². The van der Waals surface area contributed by atoms with Crippen molar-refractivity contribution in [2.24, 2.45) is 5.92 Å². The van der Waals surface area contributed by atoms with Crippen molar-refractivity contribution in [3.63, 3.8) is 0 Å². The van der Waals surface area contributed by atoms with Crippen LogP contribution in [-0.2, 0) is 9.53 Å². The predicted octanol–water partition coefficient (Wildman–Crippen LogP) is 0.504. The second-order valence-corrected chi connectivity index (χ2v) is 5.45. The summed E-state index contributed by atoms with van der Waals surface area (Å²) >= 11 is 0. The average molecular weight is 256 g/mol. The quantitative estimate of drug-likeness (QED) is 0.794. The van der Waals surface area contributed by atoms with Gasteiger partial charge >= 0.3 is 5.97 Å². The highest BCUT2D eigenvalue weighted by Crippen LogP contribution is 2.26. The fourth-order valence-corrected chi connectivity index (χ4v) is 3.03. The molecule has 0 bridgehead atoms. The summed E-state index contributed by atoms with van der Waals surface area (Å²) in [7, 11) is 2.12. The molecule has 18 heavy (non-hydrogen) atoms. The predicted molar refractivity (Wildman–Crippen MR) is 68.7 cm³/mol. The average Bonchev–Trinajstić information content (AvgIpc) is 2.38. The molecule has 0 aliphatic carbocycles. The summed E-state index contributed by atoms with van der Waals surface area (Å²) in [5.74, 6) is -0.191. The van der Waals surface area contributed by atoms with Crippen molar-refractivity contribution >= 4 is 5.97 Å². The van der Waals surface area contributed by atoms with Crippen LogP contribution in [0.4, 0.5) is 0 Å². The van der Waals surface area contributed by atoms with E-state index in [-0.39, 0.29) is 12.5 Å². The van der Waals surface area contributed by atoms with Crippen LogP contribution in [0.25, 0.3) is 0 Å². The van der Waals surface area contributed by atoms with E-state index in [0.29, 0.717) is 5.92 Å². The monoisotopic (exact) mass is 256 g/mol. The lowest BCUT2D eigenvalue weighted by molar-refractivity contribution is -0.139. The number of likely N-dealkylation sites (N-methyl/N-ethyl adjacent to an activating group) is 1. The fourth-order valence-electron chi connectivity index (χ4n) is 3.03. The minimum Gasteiger partial charge on any atom is -0.481 e. The van der Waals surface area contributed by atoms with Gasteiger partial charge in [-0.3, -0.25) is 9.69 Å². The first-order valence-electron chi connectivity index (χ1n) is 6.89. The summed E-state index contributed by atoms with van der Waals surface area (Å²) in [5.41, 5.74) is 0. The molecule has 0 amide bonds. The Bertz CT molecular complexity index is 271. The number of hydrogen-bond donors (Lipinski definition) is 1. The van der Waals surface area contributed by atoms with Gasteiger partial charge in [-0.05, 0) is 25.8 Å². The number of carboxylic acid groups (broad SMARTS) is 1. The molecule has 2 fully saturated rings. The van der Waals surface area contributed by atoms with Gasteiger partial charge in [-0.25, -0.2) is 0 Å². The number of hydrogen-bond acceptors (Lipinski definition) is 4. The fraction of sp³-hybridized carbons (Fsp3) is 0.923. The second-order valence-electron chi connectivity index (χ2n) is 5.45. The Hall–Kier alpha value is -0.650. The van der Waals surface area contributed by atoms with E-state index in [1.54, 1.807) is 0 Å². The van der Waals surface area contributed by atoms with Gasteiger partial charge in [-0.15, -0.1) is 0 Å². The zero-order chi connectivity index (χ0) is 13.0. The molecule has 0 spiro atoms. The molecular formula is C13H24N2O3. The molecule has 0 radical (unpaired) electrons. The minimum absolute atomic E-state index is 0.195. The Morgan fingerprint density at radius 2 is 1.89 bits per heavy atom. The van der Waals surface area contributed by atoms with Crippen LogP contribution < -0.4 is 0 Å². The lowest BCUT2D eigenvalue weighted by Crippen LogP contribution is -2.52. The van der Waals surface area contributed by atoms with Crippen LogP contribution in [0.1, 0.15) is 19.3 Å². The molecule has 2 aliphatic rings. The Kier molecular flexibility index (Phi) is 4.97. The maximum Gasteiger partial charge on any atom is 0.304 e. The SMILES string of the molecule is CN1CCN(C(CC(=O)O)C2CCOCC2)CC1. The number of carbonyl (C=O) groups is 1. The molecule has 1 unspecified atom stereocenters. The first-order valence-corrected chi connectivity index (χ1v) is 6.89. The molecule has 0 aromatic heterocycles. The van der Waals surface area contributed by atoms with Gasteiger partial charge in [0.05, 0.1) is 6.42 Å². The molecule has 5 nitrogen and oxygen atoms in total. The summed E-state index contributed by atoms with van der Waals surface area (Å²) in [6.45, 7) is 5.64. The van der Waals surface area contributed by atoms with Crippen molar-refractivity contribution in [2.45, 2.75) is 25.3 Å². The Labute approximate surface area is 109 Å². The van der Waals surface area contributed by atoms with Gasteiger partial charge in [0.15, 0.2) is 0 Å². The third-order valence-electron chi connectivity index (χ3n) is 4.20. The summed E-state index contributed by atoms with van der Waals surface area (Å²) in [4.78, 5) is 15.8. The van der Waals surface area contributed by atoms with Crippen LogP contribution in [0.2, 0.25) is 0 Å². The second kappa shape index (κ2) is 6.50. The van der Waals surface area contributed by atoms with Crippen LogP contribution in [-0.4, -0.2) is 73.4 Å². The molecular weight excluding hydrogens is 232 g/mol. The summed E-state index contributed by atoms with van der Waals surface area (Å²) in [6.07, 6.45) is 2.28. The summed E-state index contributed by atoms with van der Waals surface area (Å²) < 4.78 is 5.39. The smallest absolute Gasteiger partial charge is 0.304 e. The highest BCUT2D eigenvalue weighted by Gasteiger charge is 2.32. The molecule has 104 valence electrons. The van der Waals surface area contributed by atoms with Crippen LogP contribution in [0.15, 0.2) is 0 Å². The zero-order valence-electron chi connectivity index (χ0n) is 11.2. The standard InChI is InChI=1S/C13H24N2O3/c1-14-4-6-15(7-5-14)12(10-13(16)17)11-2-8-18-9-3-11/h11-12H,2-10H2,1H3,(H,16,17). The van der Waals surface area contributed by atoms with Crippen LogP contribution in [0, 0.1) is 5.92 Å². The van der Waals surface area contributed by atoms with E-state index in [4.69, 9.17) is 9.84 Å². The lowest BCUT2D eigenvalue weighted by atomic mass is 9.88. The van der Waals surface area contributed by atoms with Gasteiger partial charge in [-0.1, -0.05) is 0 Å². The Balaban J connectivity index is 1.97. The van der Waals surface area contributed by atoms with E-state index in [1.165, 1.54) is 0 Å². The Morgan fingerprint density at radius 1 is 1.28 bits per heavy atom. The molecule has 2 heterocycles. The largest absolute Gasteiger partial charge is 0.481 e. The highest BCUT2D eigenvalue weighted by molar-refractivity contribution is 5.67.